The summed E-state index contributed by atoms with van der Waals surface area (Å²) >= 11 is 6.03. The number of methoxy groups -OCH3 is 2. The summed E-state index contributed by atoms with van der Waals surface area (Å²) in [7, 11) is 3.07. The molecule has 2 rings (SSSR count). The van der Waals surface area contributed by atoms with Crippen molar-refractivity contribution in [3.8, 4) is 11.5 Å². The largest absolute Gasteiger partial charge is 0.495 e. The van der Waals surface area contributed by atoms with Gasteiger partial charge in [-0.25, -0.2) is 0 Å². The summed E-state index contributed by atoms with van der Waals surface area (Å²) < 4.78 is 10.4. The van der Waals surface area contributed by atoms with Crippen molar-refractivity contribution in [2.24, 2.45) is 5.92 Å². The topological polar surface area (TPSA) is 59.6 Å². The first-order chi connectivity index (χ1) is 9.63. The van der Waals surface area contributed by atoms with Crippen LogP contribution in [0, 0.1) is 5.92 Å². The number of amides is 1. The van der Waals surface area contributed by atoms with E-state index in [0.29, 0.717) is 34.5 Å². The van der Waals surface area contributed by atoms with E-state index >= 15 is 0 Å². The van der Waals surface area contributed by atoms with Crippen LogP contribution in [0.5, 0.6) is 11.5 Å². The molecule has 21 heavy (non-hydrogen) atoms. The van der Waals surface area contributed by atoms with Gasteiger partial charge in [-0.15, -0.1) is 12.4 Å². The van der Waals surface area contributed by atoms with Crippen LogP contribution in [-0.4, -0.2) is 33.2 Å². The van der Waals surface area contributed by atoms with Gasteiger partial charge in [0.05, 0.1) is 24.9 Å². The minimum Gasteiger partial charge on any atom is -0.495 e. The lowest BCUT2D eigenvalue weighted by atomic mass is 10.0. The molecule has 1 aliphatic rings. The highest BCUT2D eigenvalue weighted by Gasteiger charge is 2.19. The van der Waals surface area contributed by atoms with Crippen molar-refractivity contribution in [1.29, 1.82) is 0 Å². The predicted octanol–water partition coefficient (Wildman–Crippen LogP) is 2.72. The van der Waals surface area contributed by atoms with Gasteiger partial charge < -0.3 is 20.1 Å². The van der Waals surface area contributed by atoms with Crippen LogP contribution in [0.1, 0.15) is 12.8 Å². The van der Waals surface area contributed by atoms with E-state index in [9.17, 15) is 4.79 Å². The molecule has 1 unspecified atom stereocenters. The standard InChI is InChI=1S/C14H19ClN2O3.ClH/c1-19-12-7-11(13(20-2)6-10(12)15)17-14(18)5-9-3-4-16-8-9;/h6-7,9,16H,3-5,8H2,1-2H3,(H,17,18);1H. The van der Waals surface area contributed by atoms with Gasteiger partial charge in [0.25, 0.3) is 0 Å². The van der Waals surface area contributed by atoms with E-state index in [1.807, 2.05) is 0 Å². The fraction of sp³-hybridized carbons (Fsp3) is 0.500. The van der Waals surface area contributed by atoms with Crippen molar-refractivity contribution in [1.82, 2.24) is 5.32 Å². The molecule has 1 fully saturated rings. The fourth-order valence-electron chi connectivity index (χ4n) is 2.31. The zero-order valence-electron chi connectivity index (χ0n) is 12.1. The van der Waals surface area contributed by atoms with E-state index in [1.54, 1.807) is 12.1 Å². The molecule has 0 bridgehead atoms. The van der Waals surface area contributed by atoms with E-state index in [4.69, 9.17) is 21.1 Å². The minimum atomic E-state index is -0.0265. The molecule has 1 heterocycles. The predicted molar refractivity (Wildman–Crippen MR) is 86.0 cm³/mol. The maximum atomic E-state index is 12.1. The van der Waals surface area contributed by atoms with E-state index < -0.39 is 0 Å². The molecule has 1 atom stereocenters. The van der Waals surface area contributed by atoms with Gasteiger partial charge in [-0.3, -0.25) is 4.79 Å². The van der Waals surface area contributed by atoms with E-state index in [1.165, 1.54) is 14.2 Å². The van der Waals surface area contributed by atoms with Gasteiger partial charge >= 0.3 is 0 Å². The van der Waals surface area contributed by atoms with Crippen LogP contribution in [0.4, 0.5) is 5.69 Å². The Morgan fingerprint density at radius 3 is 2.67 bits per heavy atom. The molecule has 1 saturated heterocycles. The third-order valence-corrected chi connectivity index (χ3v) is 3.68. The van der Waals surface area contributed by atoms with Crippen molar-refractivity contribution < 1.29 is 14.3 Å². The second-order valence-electron chi connectivity index (χ2n) is 4.80. The van der Waals surface area contributed by atoms with Crippen molar-refractivity contribution in [2.45, 2.75) is 12.8 Å². The molecular weight excluding hydrogens is 315 g/mol. The smallest absolute Gasteiger partial charge is 0.224 e. The highest BCUT2D eigenvalue weighted by Crippen LogP contribution is 2.36. The normalized spacial score (nSPS) is 17.0. The number of benzene rings is 1. The van der Waals surface area contributed by atoms with Crippen LogP contribution in [0.3, 0.4) is 0 Å². The van der Waals surface area contributed by atoms with Gasteiger partial charge in [-0.05, 0) is 25.4 Å². The summed E-state index contributed by atoms with van der Waals surface area (Å²) in [5.41, 5.74) is 0.574. The Kier molecular flexibility index (Phi) is 7.08. The van der Waals surface area contributed by atoms with Crippen LogP contribution in [0.2, 0.25) is 5.02 Å². The zero-order valence-corrected chi connectivity index (χ0v) is 13.6. The minimum absolute atomic E-state index is 0. The van der Waals surface area contributed by atoms with Gasteiger partial charge in [-0.1, -0.05) is 11.6 Å². The van der Waals surface area contributed by atoms with Crippen molar-refractivity contribution in [2.75, 3.05) is 32.6 Å². The van der Waals surface area contributed by atoms with Crippen LogP contribution >= 0.6 is 24.0 Å². The summed E-state index contributed by atoms with van der Waals surface area (Å²) in [4.78, 5) is 12.1. The summed E-state index contributed by atoms with van der Waals surface area (Å²) in [6.45, 7) is 1.88. The molecule has 0 saturated carbocycles. The first-order valence-corrected chi connectivity index (χ1v) is 6.94. The summed E-state index contributed by atoms with van der Waals surface area (Å²) in [5, 5.41) is 6.55. The molecule has 0 aliphatic carbocycles. The average molecular weight is 335 g/mol. The Morgan fingerprint density at radius 2 is 2.10 bits per heavy atom. The molecule has 7 heteroatoms. The summed E-state index contributed by atoms with van der Waals surface area (Å²) in [6, 6.07) is 3.30. The molecule has 1 aromatic carbocycles. The van der Waals surface area contributed by atoms with Gasteiger partial charge in [0, 0.05) is 18.6 Å². The third-order valence-electron chi connectivity index (χ3n) is 3.38. The first-order valence-electron chi connectivity index (χ1n) is 6.56. The average Bonchev–Trinajstić information content (AvgIpc) is 2.92. The molecular formula is C14H20Cl2N2O3. The SMILES string of the molecule is COc1cc(NC(=O)CC2CCNC2)c(OC)cc1Cl.Cl. The lowest BCUT2D eigenvalue weighted by Gasteiger charge is -2.14. The van der Waals surface area contributed by atoms with Crippen LogP contribution < -0.4 is 20.1 Å². The molecule has 0 aromatic heterocycles. The number of hydrogen-bond acceptors (Lipinski definition) is 4. The maximum absolute atomic E-state index is 12.1. The van der Waals surface area contributed by atoms with E-state index in [-0.39, 0.29) is 18.3 Å². The Morgan fingerprint density at radius 1 is 1.38 bits per heavy atom. The van der Waals surface area contributed by atoms with Gasteiger partial charge in [0.2, 0.25) is 5.91 Å². The molecule has 0 radical (unpaired) electrons. The summed E-state index contributed by atoms with van der Waals surface area (Å²) in [6.07, 6.45) is 1.54. The van der Waals surface area contributed by atoms with E-state index in [0.717, 1.165) is 19.5 Å². The monoisotopic (exact) mass is 334 g/mol. The third kappa shape index (κ3) is 4.66. The van der Waals surface area contributed by atoms with Gasteiger partial charge in [0.1, 0.15) is 11.5 Å². The fourth-order valence-corrected chi connectivity index (χ4v) is 2.54. The van der Waals surface area contributed by atoms with Gasteiger partial charge in [0.15, 0.2) is 0 Å². The Hall–Kier alpha value is -1.17. The second kappa shape index (κ2) is 8.32. The molecule has 5 nitrogen and oxygen atoms in total. The van der Waals surface area contributed by atoms with Crippen LogP contribution in [-0.2, 0) is 4.79 Å². The number of rotatable bonds is 5. The Bertz CT molecular complexity index is 491. The first kappa shape index (κ1) is 17.9. The maximum Gasteiger partial charge on any atom is 0.224 e. The number of hydrogen-bond donors (Lipinski definition) is 2. The molecule has 2 N–H and O–H groups in total. The number of carbonyl (C=O) groups excluding carboxylic acids is 1. The lowest BCUT2D eigenvalue weighted by molar-refractivity contribution is -0.117. The summed E-state index contributed by atoms with van der Waals surface area (Å²) in [5.74, 6) is 1.40. The molecule has 0 spiro atoms. The zero-order chi connectivity index (χ0) is 14.5. The van der Waals surface area contributed by atoms with Gasteiger partial charge in [-0.2, -0.15) is 0 Å². The highest BCUT2D eigenvalue weighted by molar-refractivity contribution is 6.32. The number of ether oxygens (including phenoxy) is 2. The number of carbonyl (C=O) groups is 1. The Balaban J connectivity index is 0.00000220. The molecule has 1 amide bonds. The molecule has 1 aromatic rings. The second-order valence-corrected chi connectivity index (χ2v) is 5.21. The Labute approximate surface area is 135 Å². The van der Waals surface area contributed by atoms with Crippen molar-refractivity contribution >= 4 is 35.6 Å². The highest BCUT2D eigenvalue weighted by atomic mass is 35.5. The quantitative estimate of drug-likeness (QED) is 0.869. The number of anilines is 1. The van der Waals surface area contributed by atoms with Crippen LogP contribution in [0.15, 0.2) is 12.1 Å². The van der Waals surface area contributed by atoms with Crippen molar-refractivity contribution in [3.05, 3.63) is 17.2 Å². The number of halogens is 2. The lowest BCUT2D eigenvalue weighted by Crippen LogP contribution is -2.18. The molecule has 1 aliphatic heterocycles. The van der Waals surface area contributed by atoms with E-state index in [2.05, 4.69) is 10.6 Å². The van der Waals surface area contributed by atoms with Crippen molar-refractivity contribution in [3.63, 3.8) is 0 Å². The number of nitrogens with one attached hydrogen (secondary N) is 2. The van der Waals surface area contributed by atoms with Crippen LogP contribution in [0.25, 0.3) is 0 Å². The molecule has 118 valence electrons.